The van der Waals surface area contributed by atoms with E-state index in [4.69, 9.17) is 5.73 Å². The van der Waals surface area contributed by atoms with Gasteiger partial charge in [-0.25, -0.2) is 0 Å². The molecular weight excluding hydrogens is 138 g/mol. The lowest BCUT2D eigenvalue weighted by atomic mass is 10.00. The van der Waals surface area contributed by atoms with Crippen molar-refractivity contribution >= 4 is 6.29 Å². The molecule has 2 nitrogen and oxygen atoms in total. The van der Waals surface area contributed by atoms with Gasteiger partial charge in [-0.05, 0) is 12.3 Å². The highest BCUT2D eigenvalue weighted by molar-refractivity contribution is 5.53. The second kappa shape index (κ2) is 6.35. The summed E-state index contributed by atoms with van der Waals surface area (Å²) in [4.78, 5) is 10.3. The molecule has 0 fully saturated rings. The average Bonchev–Trinajstić information content (AvgIpc) is 1.98. The van der Waals surface area contributed by atoms with Crippen LogP contribution in [0.5, 0.6) is 0 Å². The molecule has 2 N–H and O–H groups in total. The molecule has 0 bridgehead atoms. The van der Waals surface area contributed by atoms with E-state index in [1.165, 1.54) is 6.42 Å². The lowest BCUT2D eigenvalue weighted by molar-refractivity contribution is -0.111. The summed E-state index contributed by atoms with van der Waals surface area (Å²) in [6.07, 6.45) is 4.25. The lowest BCUT2D eigenvalue weighted by Crippen LogP contribution is -2.15. The van der Waals surface area contributed by atoms with Crippen LogP contribution < -0.4 is 5.73 Å². The Balaban J connectivity index is 3.28. The molecule has 0 aromatic rings. The van der Waals surface area contributed by atoms with Crippen molar-refractivity contribution in [2.45, 2.75) is 33.1 Å². The predicted octanol–water partition coefficient (Wildman–Crippen LogP) is 1.59. The fourth-order valence-electron chi connectivity index (χ4n) is 1.03. The molecule has 0 saturated heterocycles. The summed E-state index contributed by atoms with van der Waals surface area (Å²) >= 11 is 0. The highest BCUT2D eigenvalue weighted by Crippen LogP contribution is 2.10. The van der Waals surface area contributed by atoms with Crippen LogP contribution in [0, 0.1) is 11.8 Å². The van der Waals surface area contributed by atoms with Gasteiger partial charge in [-0.15, -0.1) is 0 Å². The van der Waals surface area contributed by atoms with E-state index < -0.39 is 0 Å². The van der Waals surface area contributed by atoms with Gasteiger partial charge in [0.1, 0.15) is 6.29 Å². The summed E-state index contributed by atoms with van der Waals surface area (Å²) < 4.78 is 0. The van der Waals surface area contributed by atoms with E-state index in [2.05, 4.69) is 13.8 Å². The minimum absolute atomic E-state index is 0.0914. The predicted molar refractivity (Wildman–Crippen MR) is 47.3 cm³/mol. The summed E-state index contributed by atoms with van der Waals surface area (Å²) in [6, 6.07) is 0. The number of carbonyl (C=O) groups excluding carboxylic acids is 1. The average molecular weight is 157 g/mol. The molecule has 0 aromatic carbocycles. The van der Waals surface area contributed by atoms with Gasteiger partial charge in [-0.2, -0.15) is 0 Å². The maximum atomic E-state index is 10.3. The molecule has 1 atom stereocenters. The topological polar surface area (TPSA) is 43.1 Å². The van der Waals surface area contributed by atoms with Crippen molar-refractivity contribution in [1.82, 2.24) is 0 Å². The van der Waals surface area contributed by atoms with Crippen LogP contribution in [0.15, 0.2) is 0 Å². The van der Waals surface area contributed by atoms with E-state index >= 15 is 0 Å². The Labute approximate surface area is 69.2 Å². The van der Waals surface area contributed by atoms with Crippen molar-refractivity contribution in [3.05, 3.63) is 0 Å². The third kappa shape index (κ3) is 6.05. The number of rotatable bonds is 6. The van der Waals surface area contributed by atoms with Crippen molar-refractivity contribution in [2.24, 2.45) is 17.6 Å². The Morgan fingerprint density at radius 3 is 2.36 bits per heavy atom. The Morgan fingerprint density at radius 1 is 1.36 bits per heavy atom. The molecule has 1 unspecified atom stereocenters. The van der Waals surface area contributed by atoms with Crippen LogP contribution in [-0.4, -0.2) is 12.8 Å². The number of nitrogens with two attached hydrogens (primary N) is 1. The molecule has 11 heavy (non-hydrogen) atoms. The zero-order valence-corrected chi connectivity index (χ0v) is 7.55. The van der Waals surface area contributed by atoms with Gasteiger partial charge < -0.3 is 10.5 Å². The van der Waals surface area contributed by atoms with Crippen molar-refractivity contribution in [2.75, 3.05) is 6.54 Å². The van der Waals surface area contributed by atoms with Gasteiger partial charge in [0.2, 0.25) is 0 Å². The van der Waals surface area contributed by atoms with E-state index in [1.54, 1.807) is 0 Å². The first kappa shape index (κ1) is 10.6. The van der Waals surface area contributed by atoms with E-state index in [0.717, 1.165) is 25.0 Å². The number of hydrogen-bond acceptors (Lipinski definition) is 2. The van der Waals surface area contributed by atoms with Gasteiger partial charge >= 0.3 is 0 Å². The highest BCUT2D eigenvalue weighted by Gasteiger charge is 2.04. The first-order valence-electron chi connectivity index (χ1n) is 4.36. The van der Waals surface area contributed by atoms with Crippen molar-refractivity contribution in [3.8, 4) is 0 Å². The molecule has 0 aliphatic carbocycles. The normalized spacial score (nSPS) is 13.5. The summed E-state index contributed by atoms with van der Waals surface area (Å²) in [7, 11) is 0. The molecule has 0 heterocycles. The second-order valence-electron chi connectivity index (χ2n) is 3.46. The maximum absolute atomic E-state index is 10.3. The largest absolute Gasteiger partial charge is 0.330 e. The quantitative estimate of drug-likeness (QED) is 0.595. The third-order valence-electron chi connectivity index (χ3n) is 1.85. The SMILES string of the molecule is CC(C)CCCC(C=O)CN. The summed E-state index contributed by atoms with van der Waals surface area (Å²) in [5, 5.41) is 0. The van der Waals surface area contributed by atoms with E-state index in [-0.39, 0.29) is 5.92 Å². The Morgan fingerprint density at radius 2 is 2.00 bits per heavy atom. The smallest absolute Gasteiger partial charge is 0.124 e. The van der Waals surface area contributed by atoms with Gasteiger partial charge in [-0.3, -0.25) is 0 Å². The van der Waals surface area contributed by atoms with Crippen molar-refractivity contribution in [3.63, 3.8) is 0 Å². The fraction of sp³-hybridized carbons (Fsp3) is 0.889. The highest BCUT2D eigenvalue weighted by atomic mass is 16.1. The minimum atomic E-state index is 0.0914. The summed E-state index contributed by atoms with van der Waals surface area (Å²) in [5.74, 6) is 0.828. The first-order chi connectivity index (χ1) is 5.20. The van der Waals surface area contributed by atoms with Crippen LogP contribution in [0.3, 0.4) is 0 Å². The van der Waals surface area contributed by atoms with Gasteiger partial charge in [0.25, 0.3) is 0 Å². The molecular formula is C9H19NO. The van der Waals surface area contributed by atoms with Crippen LogP contribution in [0.4, 0.5) is 0 Å². The third-order valence-corrected chi connectivity index (χ3v) is 1.85. The minimum Gasteiger partial charge on any atom is -0.330 e. The molecule has 0 amide bonds. The van der Waals surface area contributed by atoms with E-state index in [1.807, 2.05) is 0 Å². The molecule has 2 heteroatoms. The van der Waals surface area contributed by atoms with Gasteiger partial charge in [-0.1, -0.05) is 26.7 Å². The van der Waals surface area contributed by atoms with E-state index in [0.29, 0.717) is 6.54 Å². The van der Waals surface area contributed by atoms with Crippen molar-refractivity contribution < 1.29 is 4.79 Å². The Bertz CT molecular complexity index is 102. The van der Waals surface area contributed by atoms with E-state index in [9.17, 15) is 4.79 Å². The first-order valence-corrected chi connectivity index (χ1v) is 4.36. The standard InChI is InChI=1S/C9H19NO/c1-8(2)4-3-5-9(6-10)7-11/h7-9H,3-6,10H2,1-2H3. The van der Waals surface area contributed by atoms with Crippen LogP contribution in [-0.2, 0) is 4.79 Å². The summed E-state index contributed by atoms with van der Waals surface area (Å²) in [5.41, 5.74) is 5.37. The molecule has 0 saturated carbocycles. The van der Waals surface area contributed by atoms with Crippen LogP contribution in [0.2, 0.25) is 0 Å². The lowest BCUT2D eigenvalue weighted by Gasteiger charge is -2.07. The fourth-order valence-corrected chi connectivity index (χ4v) is 1.03. The Hall–Kier alpha value is -0.370. The molecule has 0 radical (unpaired) electrons. The van der Waals surface area contributed by atoms with Crippen LogP contribution in [0.1, 0.15) is 33.1 Å². The van der Waals surface area contributed by atoms with Gasteiger partial charge in [0.15, 0.2) is 0 Å². The maximum Gasteiger partial charge on any atom is 0.124 e. The summed E-state index contributed by atoms with van der Waals surface area (Å²) in [6.45, 7) is 4.89. The molecule has 0 aliphatic rings. The van der Waals surface area contributed by atoms with Gasteiger partial charge in [0, 0.05) is 12.5 Å². The molecule has 0 spiro atoms. The zero-order valence-electron chi connectivity index (χ0n) is 7.55. The molecule has 66 valence electrons. The zero-order chi connectivity index (χ0) is 8.69. The van der Waals surface area contributed by atoms with Gasteiger partial charge in [0.05, 0.1) is 0 Å². The number of hydrogen-bond donors (Lipinski definition) is 1. The van der Waals surface area contributed by atoms with Crippen LogP contribution >= 0.6 is 0 Å². The molecule has 0 aromatic heterocycles. The van der Waals surface area contributed by atoms with Crippen LogP contribution in [0.25, 0.3) is 0 Å². The molecule has 0 aliphatic heterocycles. The number of aldehydes is 1. The number of carbonyl (C=O) groups is 1. The Kier molecular flexibility index (Phi) is 6.13. The second-order valence-corrected chi connectivity index (χ2v) is 3.46. The monoisotopic (exact) mass is 157 g/mol. The molecule has 0 rings (SSSR count). The van der Waals surface area contributed by atoms with Crippen molar-refractivity contribution in [1.29, 1.82) is 0 Å².